The van der Waals surface area contributed by atoms with Crippen molar-refractivity contribution in [3.63, 3.8) is 0 Å². The van der Waals surface area contributed by atoms with Gasteiger partial charge in [0.05, 0.1) is 0 Å². The highest BCUT2D eigenvalue weighted by molar-refractivity contribution is 5.56. The molecule has 1 N–H and O–H groups in total. The lowest BCUT2D eigenvalue weighted by atomic mass is 10.1. The van der Waals surface area contributed by atoms with Crippen molar-refractivity contribution >= 4 is 5.69 Å². The second-order valence-electron chi connectivity index (χ2n) is 6.62. The SMILES string of the molecule is CCCNCc1ccc(N(CC2CC2)C2CC2)c(C)c1. The molecule has 1 aromatic rings. The Bertz CT molecular complexity index is 447. The van der Waals surface area contributed by atoms with Gasteiger partial charge in [0.1, 0.15) is 0 Å². The Hall–Kier alpha value is -1.02. The van der Waals surface area contributed by atoms with Crippen LogP contribution in [0.4, 0.5) is 5.69 Å². The fraction of sp³-hybridized carbons (Fsp3) is 0.667. The molecule has 2 saturated carbocycles. The first kappa shape index (κ1) is 13.9. The molecule has 20 heavy (non-hydrogen) atoms. The average molecular weight is 272 g/mol. The third-order valence-electron chi connectivity index (χ3n) is 4.47. The van der Waals surface area contributed by atoms with Crippen LogP contribution in [-0.4, -0.2) is 19.1 Å². The Morgan fingerprint density at radius 2 is 2.00 bits per heavy atom. The van der Waals surface area contributed by atoms with Crippen molar-refractivity contribution in [2.45, 2.75) is 58.5 Å². The van der Waals surface area contributed by atoms with Crippen molar-refractivity contribution in [3.05, 3.63) is 29.3 Å². The maximum Gasteiger partial charge on any atom is 0.0398 e. The highest BCUT2D eigenvalue weighted by atomic mass is 15.2. The van der Waals surface area contributed by atoms with Crippen molar-refractivity contribution in [2.24, 2.45) is 5.92 Å². The summed E-state index contributed by atoms with van der Waals surface area (Å²) in [5.74, 6) is 0.973. The van der Waals surface area contributed by atoms with Crippen LogP contribution in [0.25, 0.3) is 0 Å². The molecule has 0 bridgehead atoms. The number of benzene rings is 1. The summed E-state index contributed by atoms with van der Waals surface area (Å²) < 4.78 is 0. The molecule has 0 aliphatic heterocycles. The predicted molar refractivity (Wildman–Crippen MR) is 86.3 cm³/mol. The van der Waals surface area contributed by atoms with Gasteiger partial charge in [0.2, 0.25) is 0 Å². The standard InChI is InChI=1S/C18H28N2/c1-3-10-19-12-16-6-9-18(14(2)11-16)20(17-7-8-17)13-15-4-5-15/h6,9,11,15,17,19H,3-5,7-8,10,12-13H2,1-2H3. The Kier molecular flexibility index (Phi) is 4.30. The number of rotatable bonds is 8. The molecule has 2 aliphatic carbocycles. The fourth-order valence-corrected chi connectivity index (χ4v) is 2.97. The Balaban J connectivity index is 1.68. The number of anilines is 1. The van der Waals surface area contributed by atoms with Gasteiger partial charge in [-0.15, -0.1) is 0 Å². The normalized spacial score (nSPS) is 18.3. The number of nitrogens with one attached hydrogen (secondary N) is 1. The van der Waals surface area contributed by atoms with Crippen LogP contribution in [0.3, 0.4) is 0 Å². The van der Waals surface area contributed by atoms with Gasteiger partial charge in [0.25, 0.3) is 0 Å². The highest BCUT2D eigenvalue weighted by Crippen LogP contribution is 2.38. The zero-order chi connectivity index (χ0) is 13.9. The number of nitrogens with zero attached hydrogens (tertiary/aromatic N) is 1. The van der Waals surface area contributed by atoms with E-state index >= 15 is 0 Å². The lowest BCUT2D eigenvalue weighted by molar-refractivity contribution is 0.674. The van der Waals surface area contributed by atoms with Gasteiger partial charge in [-0.25, -0.2) is 0 Å². The van der Waals surface area contributed by atoms with Crippen molar-refractivity contribution in [2.75, 3.05) is 18.0 Å². The number of hydrogen-bond donors (Lipinski definition) is 1. The van der Waals surface area contributed by atoms with Crippen LogP contribution in [0.2, 0.25) is 0 Å². The van der Waals surface area contributed by atoms with Gasteiger partial charge >= 0.3 is 0 Å². The third-order valence-corrected chi connectivity index (χ3v) is 4.47. The molecule has 2 heteroatoms. The van der Waals surface area contributed by atoms with E-state index in [9.17, 15) is 0 Å². The van der Waals surface area contributed by atoms with Crippen molar-refractivity contribution < 1.29 is 0 Å². The number of aryl methyl sites for hydroxylation is 1. The van der Waals surface area contributed by atoms with Gasteiger partial charge in [-0.1, -0.05) is 19.1 Å². The Morgan fingerprint density at radius 3 is 2.60 bits per heavy atom. The van der Waals surface area contributed by atoms with Crippen LogP contribution >= 0.6 is 0 Å². The molecule has 0 atom stereocenters. The van der Waals surface area contributed by atoms with Gasteiger partial charge in [-0.2, -0.15) is 0 Å². The summed E-state index contributed by atoms with van der Waals surface area (Å²) >= 11 is 0. The van der Waals surface area contributed by atoms with Gasteiger partial charge in [-0.3, -0.25) is 0 Å². The summed E-state index contributed by atoms with van der Waals surface area (Å²) in [5.41, 5.74) is 4.36. The summed E-state index contributed by atoms with van der Waals surface area (Å²) in [6.07, 6.45) is 6.88. The highest BCUT2D eigenvalue weighted by Gasteiger charge is 2.34. The fourth-order valence-electron chi connectivity index (χ4n) is 2.97. The van der Waals surface area contributed by atoms with Crippen LogP contribution in [0, 0.1) is 12.8 Å². The second kappa shape index (κ2) is 6.17. The third kappa shape index (κ3) is 3.54. The van der Waals surface area contributed by atoms with E-state index in [-0.39, 0.29) is 0 Å². The molecule has 2 fully saturated rings. The minimum atomic E-state index is 0.832. The van der Waals surface area contributed by atoms with Crippen LogP contribution in [0.5, 0.6) is 0 Å². The molecule has 0 amide bonds. The zero-order valence-electron chi connectivity index (χ0n) is 13.0. The lowest BCUT2D eigenvalue weighted by Gasteiger charge is -2.27. The second-order valence-corrected chi connectivity index (χ2v) is 6.62. The molecule has 2 nitrogen and oxygen atoms in total. The molecule has 1 aromatic carbocycles. The minimum absolute atomic E-state index is 0.832. The van der Waals surface area contributed by atoms with Gasteiger partial charge in [0.15, 0.2) is 0 Å². The summed E-state index contributed by atoms with van der Waals surface area (Å²) in [6, 6.07) is 7.88. The van der Waals surface area contributed by atoms with Crippen LogP contribution in [0.15, 0.2) is 18.2 Å². The molecule has 0 saturated heterocycles. The monoisotopic (exact) mass is 272 g/mol. The maximum absolute atomic E-state index is 3.49. The Labute approximate surface area is 123 Å². The quantitative estimate of drug-likeness (QED) is 0.723. The number of hydrogen-bond acceptors (Lipinski definition) is 2. The molecule has 0 radical (unpaired) electrons. The molecule has 0 spiro atoms. The van der Waals surface area contributed by atoms with E-state index < -0.39 is 0 Å². The van der Waals surface area contributed by atoms with Crippen molar-refractivity contribution in [3.8, 4) is 0 Å². The Morgan fingerprint density at radius 1 is 1.20 bits per heavy atom. The van der Waals surface area contributed by atoms with Gasteiger partial charge in [0, 0.05) is 24.8 Å². The molecule has 0 unspecified atom stereocenters. The van der Waals surface area contributed by atoms with E-state index in [4.69, 9.17) is 0 Å². The van der Waals surface area contributed by atoms with Crippen LogP contribution < -0.4 is 10.2 Å². The van der Waals surface area contributed by atoms with Crippen molar-refractivity contribution in [1.82, 2.24) is 5.32 Å². The topological polar surface area (TPSA) is 15.3 Å². The van der Waals surface area contributed by atoms with Crippen molar-refractivity contribution in [1.29, 1.82) is 0 Å². The molecular formula is C18H28N2. The molecule has 110 valence electrons. The smallest absolute Gasteiger partial charge is 0.0398 e. The molecular weight excluding hydrogens is 244 g/mol. The summed E-state index contributed by atoms with van der Waals surface area (Å²) in [7, 11) is 0. The summed E-state index contributed by atoms with van der Waals surface area (Å²) in [4.78, 5) is 2.69. The van der Waals surface area contributed by atoms with E-state index in [2.05, 4.69) is 42.3 Å². The lowest BCUT2D eigenvalue weighted by Crippen LogP contribution is -2.28. The molecule has 0 heterocycles. The van der Waals surface area contributed by atoms with E-state index in [1.54, 1.807) is 0 Å². The summed E-state index contributed by atoms with van der Waals surface area (Å²) in [6.45, 7) is 7.89. The van der Waals surface area contributed by atoms with E-state index in [1.807, 2.05) is 0 Å². The first-order valence-corrected chi connectivity index (χ1v) is 8.35. The van der Waals surface area contributed by atoms with Gasteiger partial charge < -0.3 is 10.2 Å². The predicted octanol–water partition coefficient (Wildman–Crippen LogP) is 3.87. The minimum Gasteiger partial charge on any atom is -0.368 e. The molecule has 0 aromatic heterocycles. The first-order valence-electron chi connectivity index (χ1n) is 8.35. The largest absolute Gasteiger partial charge is 0.368 e. The zero-order valence-corrected chi connectivity index (χ0v) is 13.0. The van der Waals surface area contributed by atoms with E-state index in [0.29, 0.717) is 0 Å². The van der Waals surface area contributed by atoms with E-state index in [0.717, 1.165) is 25.0 Å². The first-order chi connectivity index (χ1) is 9.78. The molecule has 3 rings (SSSR count). The maximum atomic E-state index is 3.49. The van der Waals surface area contributed by atoms with Crippen LogP contribution in [-0.2, 0) is 6.54 Å². The summed E-state index contributed by atoms with van der Waals surface area (Å²) in [5, 5.41) is 3.49. The molecule has 2 aliphatic rings. The van der Waals surface area contributed by atoms with Gasteiger partial charge in [-0.05, 0) is 68.7 Å². The van der Waals surface area contributed by atoms with E-state index in [1.165, 1.54) is 55.5 Å². The average Bonchev–Trinajstić information content (AvgIpc) is 3.30. The van der Waals surface area contributed by atoms with Crippen LogP contribution in [0.1, 0.15) is 50.2 Å².